The lowest BCUT2D eigenvalue weighted by atomic mass is 9.99. The van der Waals surface area contributed by atoms with Gasteiger partial charge in [0, 0.05) is 25.4 Å². The second-order valence-electron chi connectivity index (χ2n) is 5.03. The van der Waals surface area contributed by atoms with Crippen LogP contribution in [0, 0.1) is 18.7 Å². The third-order valence-corrected chi connectivity index (χ3v) is 3.85. The average molecular weight is 282 g/mol. The SMILES string of the molecule is Cc1ccc(NC(=S)N2CCC[C@H](CO)C2)cc1F. The molecule has 1 aliphatic heterocycles. The summed E-state index contributed by atoms with van der Waals surface area (Å²) in [4.78, 5) is 2.04. The zero-order chi connectivity index (χ0) is 13.8. The van der Waals surface area contributed by atoms with Gasteiger partial charge in [-0.25, -0.2) is 4.39 Å². The highest BCUT2D eigenvalue weighted by Crippen LogP contribution is 2.18. The zero-order valence-electron chi connectivity index (χ0n) is 11.0. The van der Waals surface area contributed by atoms with Gasteiger partial charge in [0.25, 0.3) is 0 Å². The highest BCUT2D eigenvalue weighted by molar-refractivity contribution is 7.80. The van der Waals surface area contributed by atoms with Crippen molar-refractivity contribution in [3.8, 4) is 0 Å². The number of thiocarbonyl (C=S) groups is 1. The first-order chi connectivity index (χ1) is 9.10. The van der Waals surface area contributed by atoms with Gasteiger partial charge in [0.05, 0.1) is 0 Å². The molecule has 2 rings (SSSR count). The van der Waals surface area contributed by atoms with Gasteiger partial charge in [-0.1, -0.05) is 6.07 Å². The Morgan fingerprint density at radius 3 is 3.05 bits per heavy atom. The number of aryl methyl sites for hydroxylation is 1. The predicted octanol–water partition coefficient (Wildman–Crippen LogP) is 2.54. The molecular formula is C14H19FN2OS. The molecule has 0 unspecified atom stereocenters. The summed E-state index contributed by atoms with van der Waals surface area (Å²) < 4.78 is 13.5. The third kappa shape index (κ3) is 3.64. The minimum Gasteiger partial charge on any atom is -0.396 e. The van der Waals surface area contributed by atoms with E-state index in [0.717, 1.165) is 25.9 Å². The highest BCUT2D eigenvalue weighted by Gasteiger charge is 2.21. The molecule has 19 heavy (non-hydrogen) atoms. The quantitative estimate of drug-likeness (QED) is 0.817. The minimum atomic E-state index is -0.236. The first-order valence-electron chi connectivity index (χ1n) is 6.53. The van der Waals surface area contributed by atoms with E-state index in [9.17, 15) is 9.50 Å². The summed E-state index contributed by atoms with van der Waals surface area (Å²) in [6, 6.07) is 5.00. The number of aliphatic hydroxyl groups excluding tert-OH is 1. The number of aliphatic hydroxyl groups is 1. The van der Waals surface area contributed by atoms with Crippen molar-refractivity contribution in [1.29, 1.82) is 0 Å². The van der Waals surface area contributed by atoms with Gasteiger partial charge in [0.2, 0.25) is 0 Å². The molecule has 0 aliphatic carbocycles. The number of nitrogens with one attached hydrogen (secondary N) is 1. The molecule has 2 N–H and O–H groups in total. The number of hydrogen-bond acceptors (Lipinski definition) is 2. The minimum absolute atomic E-state index is 0.193. The van der Waals surface area contributed by atoms with Gasteiger partial charge in [-0.15, -0.1) is 0 Å². The molecule has 0 amide bonds. The highest BCUT2D eigenvalue weighted by atomic mass is 32.1. The molecule has 1 atom stereocenters. The Hall–Kier alpha value is -1.20. The van der Waals surface area contributed by atoms with Crippen LogP contribution in [0.3, 0.4) is 0 Å². The molecule has 1 aliphatic rings. The van der Waals surface area contributed by atoms with Crippen LogP contribution < -0.4 is 5.32 Å². The van der Waals surface area contributed by atoms with E-state index in [2.05, 4.69) is 5.32 Å². The van der Waals surface area contributed by atoms with Gasteiger partial charge in [0.1, 0.15) is 5.82 Å². The van der Waals surface area contributed by atoms with Crippen molar-refractivity contribution in [2.75, 3.05) is 25.0 Å². The first-order valence-corrected chi connectivity index (χ1v) is 6.94. The first kappa shape index (κ1) is 14.2. The fraction of sp³-hybridized carbons (Fsp3) is 0.500. The van der Waals surface area contributed by atoms with Crippen LogP contribution in [-0.2, 0) is 0 Å². The number of halogens is 1. The Balaban J connectivity index is 1.98. The topological polar surface area (TPSA) is 35.5 Å². The number of hydrogen-bond donors (Lipinski definition) is 2. The predicted molar refractivity (Wildman–Crippen MR) is 78.7 cm³/mol. The van der Waals surface area contributed by atoms with Gasteiger partial charge in [-0.05, 0) is 55.6 Å². The summed E-state index contributed by atoms with van der Waals surface area (Å²) in [5.41, 5.74) is 1.29. The van der Waals surface area contributed by atoms with Crippen molar-refractivity contribution in [3.63, 3.8) is 0 Å². The summed E-state index contributed by atoms with van der Waals surface area (Å²) in [5.74, 6) is 0.0444. The third-order valence-electron chi connectivity index (χ3n) is 3.49. The van der Waals surface area contributed by atoms with Gasteiger partial charge >= 0.3 is 0 Å². The maximum absolute atomic E-state index is 13.5. The van der Waals surface area contributed by atoms with E-state index in [4.69, 9.17) is 12.2 Å². The molecule has 0 bridgehead atoms. The van der Waals surface area contributed by atoms with Crippen molar-refractivity contribution < 1.29 is 9.50 Å². The zero-order valence-corrected chi connectivity index (χ0v) is 11.8. The smallest absolute Gasteiger partial charge is 0.173 e. The monoisotopic (exact) mass is 282 g/mol. The van der Waals surface area contributed by atoms with Crippen molar-refractivity contribution in [2.45, 2.75) is 19.8 Å². The molecule has 104 valence electrons. The number of benzene rings is 1. The van der Waals surface area contributed by atoms with Gasteiger partial charge in [-0.3, -0.25) is 0 Å². The summed E-state index contributed by atoms with van der Waals surface area (Å²) in [6.07, 6.45) is 2.06. The molecule has 0 radical (unpaired) electrons. The lowest BCUT2D eigenvalue weighted by Crippen LogP contribution is -2.43. The second kappa shape index (κ2) is 6.30. The molecule has 5 heteroatoms. The maximum atomic E-state index is 13.5. The van der Waals surface area contributed by atoms with Gasteiger partial charge in [-0.2, -0.15) is 0 Å². The van der Waals surface area contributed by atoms with E-state index in [1.54, 1.807) is 13.0 Å². The number of rotatable bonds is 2. The number of nitrogens with zero attached hydrogens (tertiary/aromatic N) is 1. The molecule has 1 aromatic rings. The van der Waals surface area contributed by atoms with E-state index in [1.807, 2.05) is 11.0 Å². The maximum Gasteiger partial charge on any atom is 0.173 e. The van der Waals surface area contributed by atoms with E-state index in [-0.39, 0.29) is 18.3 Å². The second-order valence-corrected chi connectivity index (χ2v) is 5.42. The summed E-state index contributed by atoms with van der Waals surface area (Å²) in [7, 11) is 0. The molecule has 1 heterocycles. The number of anilines is 1. The van der Waals surface area contributed by atoms with Crippen LogP contribution in [0.25, 0.3) is 0 Å². The average Bonchev–Trinajstić information content (AvgIpc) is 2.43. The molecule has 0 saturated carbocycles. The van der Waals surface area contributed by atoms with Crippen LogP contribution in [-0.4, -0.2) is 34.8 Å². The van der Waals surface area contributed by atoms with Crippen molar-refractivity contribution in [2.24, 2.45) is 5.92 Å². The molecule has 1 fully saturated rings. The van der Waals surface area contributed by atoms with Crippen LogP contribution in [0.4, 0.5) is 10.1 Å². The largest absolute Gasteiger partial charge is 0.396 e. The van der Waals surface area contributed by atoms with E-state index in [1.165, 1.54) is 6.07 Å². The Morgan fingerprint density at radius 2 is 2.37 bits per heavy atom. The number of piperidine rings is 1. The molecule has 0 aromatic heterocycles. The van der Waals surface area contributed by atoms with E-state index >= 15 is 0 Å². The van der Waals surface area contributed by atoms with Crippen LogP contribution in [0.2, 0.25) is 0 Å². The Bertz CT molecular complexity index is 467. The standard InChI is InChI=1S/C14H19FN2OS/c1-10-4-5-12(7-13(10)15)16-14(19)17-6-2-3-11(8-17)9-18/h4-5,7,11,18H,2-3,6,8-9H2,1H3,(H,16,19)/t11-/m0/s1. The Labute approximate surface area is 118 Å². The van der Waals surface area contributed by atoms with Crippen LogP contribution in [0.15, 0.2) is 18.2 Å². The van der Waals surface area contributed by atoms with Crippen LogP contribution >= 0.6 is 12.2 Å². The summed E-state index contributed by atoms with van der Waals surface area (Å²) in [6.45, 7) is 3.57. The summed E-state index contributed by atoms with van der Waals surface area (Å²) in [5, 5.41) is 12.9. The summed E-state index contributed by atoms with van der Waals surface area (Å²) >= 11 is 5.34. The Morgan fingerprint density at radius 1 is 1.58 bits per heavy atom. The fourth-order valence-corrected chi connectivity index (χ4v) is 2.56. The molecule has 0 spiro atoms. The molecule has 1 saturated heterocycles. The van der Waals surface area contributed by atoms with Crippen LogP contribution in [0.5, 0.6) is 0 Å². The molecule has 1 aromatic carbocycles. The molecule has 3 nitrogen and oxygen atoms in total. The van der Waals surface area contributed by atoms with Gasteiger partial charge in [0.15, 0.2) is 5.11 Å². The number of likely N-dealkylation sites (tertiary alicyclic amines) is 1. The fourth-order valence-electron chi connectivity index (χ4n) is 2.27. The lowest BCUT2D eigenvalue weighted by Gasteiger charge is -2.33. The van der Waals surface area contributed by atoms with Crippen molar-refractivity contribution in [3.05, 3.63) is 29.6 Å². The Kier molecular flexibility index (Phi) is 4.71. The van der Waals surface area contributed by atoms with Crippen molar-refractivity contribution in [1.82, 2.24) is 4.90 Å². The van der Waals surface area contributed by atoms with E-state index in [0.29, 0.717) is 16.4 Å². The molecular weight excluding hydrogens is 263 g/mol. The normalized spacial score (nSPS) is 19.3. The van der Waals surface area contributed by atoms with Gasteiger partial charge < -0.3 is 15.3 Å². The lowest BCUT2D eigenvalue weighted by molar-refractivity contribution is 0.162. The van der Waals surface area contributed by atoms with E-state index < -0.39 is 0 Å². The van der Waals surface area contributed by atoms with Crippen molar-refractivity contribution >= 4 is 23.0 Å². The van der Waals surface area contributed by atoms with Crippen LogP contribution in [0.1, 0.15) is 18.4 Å².